The highest BCUT2D eigenvalue weighted by Gasteiger charge is 2.18. The Bertz CT molecular complexity index is 146. The Balaban J connectivity index is 2.22. The summed E-state index contributed by atoms with van der Waals surface area (Å²) in [6, 6.07) is 0.753. The summed E-state index contributed by atoms with van der Waals surface area (Å²) in [5.74, 6) is 0. The second-order valence-electron chi connectivity index (χ2n) is 5.41. The van der Waals surface area contributed by atoms with Crippen molar-refractivity contribution in [3.05, 3.63) is 0 Å². The Labute approximate surface area is 88.6 Å². The summed E-state index contributed by atoms with van der Waals surface area (Å²) in [5, 5.41) is 3.64. The standard InChI is InChI=1S/C12H26N2/c1-12(2,10-13)8-7-11-6-4-3-5-9-14-11/h11,14H,3-10,13H2,1-2H3. The van der Waals surface area contributed by atoms with Gasteiger partial charge in [-0.3, -0.25) is 0 Å². The lowest BCUT2D eigenvalue weighted by molar-refractivity contribution is 0.307. The lowest BCUT2D eigenvalue weighted by Crippen LogP contribution is -2.31. The van der Waals surface area contributed by atoms with Gasteiger partial charge in [-0.05, 0) is 44.2 Å². The van der Waals surface area contributed by atoms with E-state index in [1.54, 1.807) is 0 Å². The van der Waals surface area contributed by atoms with E-state index in [2.05, 4.69) is 19.2 Å². The zero-order valence-electron chi connectivity index (χ0n) is 9.81. The predicted octanol–water partition coefficient (Wildman–Crippen LogP) is 2.28. The fourth-order valence-electron chi connectivity index (χ4n) is 2.01. The zero-order chi connectivity index (χ0) is 10.4. The topological polar surface area (TPSA) is 38.0 Å². The Hall–Kier alpha value is -0.0800. The Morgan fingerprint density at radius 1 is 1.29 bits per heavy atom. The van der Waals surface area contributed by atoms with Gasteiger partial charge in [-0.15, -0.1) is 0 Å². The second-order valence-corrected chi connectivity index (χ2v) is 5.41. The quantitative estimate of drug-likeness (QED) is 0.727. The van der Waals surface area contributed by atoms with E-state index >= 15 is 0 Å². The highest BCUT2D eigenvalue weighted by atomic mass is 14.9. The molecule has 0 aliphatic carbocycles. The van der Waals surface area contributed by atoms with E-state index in [9.17, 15) is 0 Å². The third-order valence-corrected chi connectivity index (χ3v) is 3.38. The van der Waals surface area contributed by atoms with Gasteiger partial charge in [0, 0.05) is 6.04 Å². The first kappa shape index (κ1) is 12.0. The van der Waals surface area contributed by atoms with Gasteiger partial charge in [-0.1, -0.05) is 26.7 Å². The van der Waals surface area contributed by atoms with Crippen LogP contribution in [0.5, 0.6) is 0 Å². The van der Waals surface area contributed by atoms with Gasteiger partial charge in [0.2, 0.25) is 0 Å². The van der Waals surface area contributed by atoms with E-state index in [1.807, 2.05) is 0 Å². The Kier molecular flexibility index (Phi) is 4.90. The Morgan fingerprint density at radius 2 is 2.07 bits per heavy atom. The maximum atomic E-state index is 5.73. The number of nitrogens with one attached hydrogen (secondary N) is 1. The summed E-state index contributed by atoms with van der Waals surface area (Å²) in [7, 11) is 0. The van der Waals surface area contributed by atoms with Crippen LogP contribution in [0.2, 0.25) is 0 Å². The minimum Gasteiger partial charge on any atom is -0.330 e. The van der Waals surface area contributed by atoms with Crippen molar-refractivity contribution in [2.24, 2.45) is 11.1 Å². The number of hydrogen-bond acceptors (Lipinski definition) is 2. The molecule has 0 amide bonds. The lowest BCUT2D eigenvalue weighted by atomic mass is 9.86. The maximum Gasteiger partial charge on any atom is 0.00672 e. The maximum absolute atomic E-state index is 5.73. The third-order valence-electron chi connectivity index (χ3n) is 3.38. The summed E-state index contributed by atoms with van der Waals surface area (Å²) < 4.78 is 0. The molecular formula is C12H26N2. The van der Waals surface area contributed by atoms with Crippen molar-refractivity contribution < 1.29 is 0 Å². The molecule has 84 valence electrons. The fourth-order valence-corrected chi connectivity index (χ4v) is 2.01. The molecule has 1 aliphatic heterocycles. The number of rotatable bonds is 4. The van der Waals surface area contributed by atoms with E-state index in [0.717, 1.165) is 12.6 Å². The molecule has 0 radical (unpaired) electrons. The second kappa shape index (κ2) is 5.72. The van der Waals surface area contributed by atoms with Gasteiger partial charge in [-0.2, -0.15) is 0 Å². The Morgan fingerprint density at radius 3 is 2.79 bits per heavy atom. The normalized spacial score (nSPS) is 24.6. The van der Waals surface area contributed by atoms with Crippen LogP contribution >= 0.6 is 0 Å². The van der Waals surface area contributed by atoms with Crippen LogP contribution in [0, 0.1) is 5.41 Å². The first-order valence-corrected chi connectivity index (χ1v) is 6.07. The molecule has 1 heterocycles. The van der Waals surface area contributed by atoms with Crippen LogP contribution in [-0.2, 0) is 0 Å². The molecule has 1 aliphatic rings. The highest BCUT2D eigenvalue weighted by Crippen LogP contribution is 2.23. The predicted molar refractivity (Wildman–Crippen MR) is 62.3 cm³/mol. The van der Waals surface area contributed by atoms with Crippen LogP contribution in [0.15, 0.2) is 0 Å². The van der Waals surface area contributed by atoms with Crippen LogP contribution < -0.4 is 11.1 Å². The monoisotopic (exact) mass is 198 g/mol. The van der Waals surface area contributed by atoms with Gasteiger partial charge >= 0.3 is 0 Å². The average Bonchev–Trinajstić information content (AvgIpc) is 2.43. The molecular weight excluding hydrogens is 172 g/mol. The van der Waals surface area contributed by atoms with E-state index in [0.29, 0.717) is 5.41 Å². The SMILES string of the molecule is CC(C)(CN)CCC1CCCCCN1. The molecule has 1 saturated heterocycles. The van der Waals surface area contributed by atoms with E-state index < -0.39 is 0 Å². The summed E-state index contributed by atoms with van der Waals surface area (Å²) in [4.78, 5) is 0. The summed E-state index contributed by atoms with van der Waals surface area (Å²) in [6.45, 7) is 6.56. The molecule has 0 aromatic carbocycles. The summed E-state index contributed by atoms with van der Waals surface area (Å²) in [5.41, 5.74) is 6.06. The van der Waals surface area contributed by atoms with Gasteiger partial charge in [0.25, 0.3) is 0 Å². The molecule has 3 N–H and O–H groups in total. The van der Waals surface area contributed by atoms with Crippen LogP contribution in [0.1, 0.15) is 52.4 Å². The number of hydrogen-bond donors (Lipinski definition) is 2. The van der Waals surface area contributed by atoms with Gasteiger partial charge in [-0.25, -0.2) is 0 Å². The van der Waals surface area contributed by atoms with Crippen LogP contribution in [0.25, 0.3) is 0 Å². The molecule has 0 aromatic heterocycles. The van der Waals surface area contributed by atoms with Crippen molar-refractivity contribution in [3.63, 3.8) is 0 Å². The van der Waals surface area contributed by atoms with Crippen molar-refractivity contribution in [2.45, 2.75) is 58.4 Å². The highest BCUT2D eigenvalue weighted by molar-refractivity contribution is 4.76. The van der Waals surface area contributed by atoms with Gasteiger partial charge in [0.1, 0.15) is 0 Å². The van der Waals surface area contributed by atoms with Gasteiger partial charge < -0.3 is 11.1 Å². The fraction of sp³-hybridized carbons (Fsp3) is 1.00. The molecule has 2 nitrogen and oxygen atoms in total. The smallest absolute Gasteiger partial charge is 0.00672 e. The van der Waals surface area contributed by atoms with Crippen LogP contribution in [-0.4, -0.2) is 19.1 Å². The van der Waals surface area contributed by atoms with Gasteiger partial charge in [0.15, 0.2) is 0 Å². The molecule has 1 unspecified atom stereocenters. The molecule has 0 spiro atoms. The zero-order valence-corrected chi connectivity index (χ0v) is 9.81. The molecule has 0 bridgehead atoms. The third kappa shape index (κ3) is 4.43. The molecule has 1 fully saturated rings. The molecule has 1 atom stereocenters. The molecule has 1 rings (SSSR count). The van der Waals surface area contributed by atoms with E-state index in [-0.39, 0.29) is 0 Å². The number of nitrogens with two attached hydrogens (primary N) is 1. The van der Waals surface area contributed by atoms with Crippen molar-refractivity contribution in [3.8, 4) is 0 Å². The lowest BCUT2D eigenvalue weighted by Gasteiger charge is -2.25. The minimum absolute atomic E-state index is 0.327. The first-order valence-electron chi connectivity index (χ1n) is 6.07. The minimum atomic E-state index is 0.327. The molecule has 2 heteroatoms. The average molecular weight is 198 g/mol. The van der Waals surface area contributed by atoms with Gasteiger partial charge in [0.05, 0.1) is 0 Å². The van der Waals surface area contributed by atoms with E-state index in [4.69, 9.17) is 5.73 Å². The van der Waals surface area contributed by atoms with E-state index in [1.165, 1.54) is 45.1 Å². The summed E-state index contributed by atoms with van der Waals surface area (Å²) in [6.07, 6.45) is 8.08. The molecule has 14 heavy (non-hydrogen) atoms. The van der Waals surface area contributed by atoms with Crippen LogP contribution in [0.4, 0.5) is 0 Å². The molecule has 0 saturated carbocycles. The largest absolute Gasteiger partial charge is 0.330 e. The summed E-state index contributed by atoms with van der Waals surface area (Å²) >= 11 is 0. The van der Waals surface area contributed by atoms with Crippen molar-refractivity contribution >= 4 is 0 Å². The van der Waals surface area contributed by atoms with Crippen molar-refractivity contribution in [2.75, 3.05) is 13.1 Å². The van der Waals surface area contributed by atoms with Crippen molar-refractivity contribution in [1.29, 1.82) is 0 Å². The first-order chi connectivity index (χ1) is 6.64. The molecule has 0 aromatic rings. The van der Waals surface area contributed by atoms with Crippen LogP contribution in [0.3, 0.4) is 0 Å². The van der Waals surface area contributed by atoms with Crippen molar-refractivity contribution in [1.82, 2.24) is 5.32 Å².